The van der Waals surface area contributed by atoms with Crippen LogP contribution in [0, 0.1) is 0 Å². The molecule has 5 rings (SSSR count). The molecule has 4 aromatic rings. The molecule has 12 nitrogen and oxygen atoms in total. The number of carbonyl (C=O) groups is 1. The van der Waals surface area contributed by atoms with E-state index in [2.05, 4.69) is 20.3 Å². The second-order valence-electron chi connectivity index (χ2n) is 10.3. The molecule has 2 aromatic heterocycles. The number of esters is 1. The number of hydrogen-bond donors (Lipinski definition) is 1. The van der Waals surface area contributed by atoms with Gasteiger partial charge in [0.2, 0.25) is 5.75 Å². The number of nitrogens with zero attached hydrogens (tertiary/aromatic N) is 5. The van der Waals surface area contributed by atoms with Gasteiger partial charge in [0.25, 0.3) is 0 Å². The van der Waals surface area contributed by atoms with Crippen molar-refractivity contribution in [3.63, 3.8) is 0 Å². The number of aromatic nitrogens is 4. The predicted molar refractivity (Wildman–Crippen MR) is 156 cm³/mol. The highest BCUT2D eigenvalue weighted by Crippen LogP contribution is 2.38. The van der Waals surface area contributed by atoms with Crippen LogP contribution in [0.3, 0.4) is 0 Å². The number of halogens is 3. The van der Waals surface area contributed by atoms with E-state index in [-0.39, 0.29) is 13.2 Å². The van der Waals surface area contributed by atoms with Gasteiger partial charge in [0.05, 0.1) is 33.2 Å². The average Bonchev–Trinajstić information content (AvgIpc) is 3.47. The first-order chi connectivity index (χ1) is 21.6. The fourth-order valence-corrected chi connectivity index (χ4v) is 5.20. The zero-order chi connectivity index (χ0) is 32.1. The summed E-state index contributed by atoms with van der Waals surface area (Å²) in [7, 11) is 4.62. The highest BCUT2D eigenvalue weighted by molar-refractivity contribution is 5.82. The topological polar surface area (TPSA) is 122 Å². The molecule has 240 valence electrons. The Morgan fingerprint density at radius 2 is 1.78 bits per heavy atom. The smallest absolute Gasteiger partial charge is 0.416 e. The Hall–Kier alpha value is -4.63. The molecule has 1 saturated heterocycles. The van der Waals surface area contributed by atoms with Gasteiger partial charge in [0, 0.05) is 33.1 Å². The molecule has 2 aromatic carbocycles. The lowest BCUT2D eigenvalue weighted by atomic mass is 10.1. The SMILES string of the molecule is COc1cc(CNc2ncnc3c2ncn3[C@H]2CN(Cc3cccc(C(F)(F)F)c3)C[C@@H](COC(C)=O)O2)cc(OC)c1OC. The van der Waals surface area contributed by atoms with Crippen LogP contribution in [-0.4, -0.2) is 77.5 Å². The minimum atomic E-state index is -4.45. The maximum absolute atomic E-state index is 13.3. The summed E-state index contributed by atoms with van der Waals surface area (Å²) < 4.78 is 69.5. The molecule has 0 radical (unpaired) electrons. The fourth-order valence-electron chi connectivity index (χ4n) is 5.20. The summed E-state index contributed by atoms with van der Waals surface area (Å²) in [5, 5.41) is 3.28. The second-order valence-corrected chi connectivity index (χ2v) is 10.3. The number of morpholine rings is 1. The molecular weight excluding hydrogens is 597 g/mol. The summed E-state index contributed by atoms with van der Waals surface area (Å²) in [4.78, 5) is 26.8. The summed E-state index contributed by atoms with van der Waals surface area (Å²) in [6.07, 6.45) is -2.65. The first kappa shape index (κ1) is 31.8. The Morgan fingerprint density at radius 1 is 1.02 bits per heavy atom. The Bertz CT molecular complexity index is 1620. The number of anilines is 1. The molecular formula is C30H33F3N6O6. The quantitative estimate of drug-likeness (QED) is 0.237. The average molecular weight is 631 g/mol. The summed E-state index contributed by atoms with van der Waals surface area (Å²) >= 11 is 0. The Kier molecular flexibility index (Phi) is 9.58. The van der Waals surface area contributed by atoms with Gasteiger partial charge in [-0.1, -0.05) is 18.2 Å². The molecule has 45 heavy (non-hydrogen) atoms. The van der Waals surface area contributed by atoms with E-state index in [0.29, 0.717) is 59.4 Å². The van der Waals surface area contributed by atoms with Crippen molar-refractivity contribution < 1.29 is 41.7 Å². The minimum absolute atomic E-state index is 0.0197. The van der Waals surface area contributed by atoms with E-state index in [1.54, 1.807) is 31.2 Å². The zero-order valence-electron chi connectivity index (χ0n) is 25.1. The first-order valence-electron chi connectivity index (χ1n) is 14.0. The number of fused-ring (bicyclic) bond motifs is 1. The third-order valence-corrected chi connectivity index (χ3v) is 7.21. The van der Waals surface area contributed by atoms with Crippen molar-refractivity contribution in [3.05, 3.63) is 65.7 Å². The lowest BCUT2D eigenvalue weighted by molar-refractivity contribution is -0.162. The molecule has 0 unspecified atom stereocenters. The number of imidazole rings is 1. The van der Waals surface area contributed by atoms with Crippen LogP contribution in [-0.2, 0) is 33.5 Å². The highest BCUT2D eigenvalue weighted by Gasteiger charge is 2.33. The number of benzene rings is 2. The number of ether oxygens (including phenoxy) is 5. The van der Waals surface area contributed by atoms with Crippen molar-refractivity contribution in [1.29, 1.82) is 0 Å². The predicted octanol–water partition coefficient (Wildman–Crippen LogP) is 4.45. The van der Waals surface area contributed by atoms with Crippen LogP contribution in [0.25, 0.3) is 11.2 Å². The maximum Gasteiger partial charge on any atom is 0.416 e. The maximum atomic E-state index is 13.3. The van der Waals surface area contributed by atoms with E-state index < -0.39 is 30.0 Å². The number of carbonyl (C=O) groups excluding carboxylic acids is 1. The van der Waals surface area contributed by atoms with Gasteiger partial charge in [-0.2, -0.15) is 13.2 Å². The van der Waals surface area contributed by atoms with E-state index in [9.17, 15) is 18.0 Å². The summed E-state index contributed by atoms with van der Waals surface area (Å²) in [6.45, 7) is 2.51. The molecule has 15 heteroatoms. The summed E-state index contributed by atoms with van der Waals surface area (Å²) in [6, 6.07) is 8.86. The molecule has 0 aliphatic carbocycles. The number of methoxy groups -OCH3 is 3. The number of alkyl halides is 3. The molecule has 1 aliphatic rings. The molecule has 0 saturated carbocycles. The number of rotatable bonds is 11. The van der Waals surface area contributed by atoms with Crippen LogP contribution in [0.4, 0.5) is 19.0 Å². The fraction of sp³-hybridized carbons (Fsp3) is 0.400. The van der Waals surface area contributed by atoms with Crippen molar-refractivity contribution >= 4 is 23.0 Å². The van der Waals surface area contributed by atoms with Crippen LogP contribution in [0.1, 0.15) is 29.8 Å². The normalized spacial score (nSPS) is 17.2. The van der Waals surface area contributed by atoms with E-state index >= 15 is 0 Å². The second kappa shape index (κ2) is 13.6. The van der Waals surface area contributed by atoms with Crippen LogP contribution >= 0.6 is 0 Å². The van der Waals surface area contributed by atoms with E-state index in [1.165, 1.54) is 26.4 Å². The Labute approximate surface area is 257 Å². The third-order valence-electron chi connectivity index (χ3n) is 7.21. The molecule has 1 fully saturated rings. The van der Waals surface area contributed by atoms with Crippen molar-refractivity contribution in [3.8, 4) is 17.2 Å². The van der Waals surface area contributed by atoms with E-state index in [4.69, 9.17) is 23.7 Å². The van der Waals surface area contributed by atoms with Crippen molar-refractivity contribution in [1.82, 2.24) is 24.4 Å². The third kappa shape index (κ3) is 7.37. The molecule has 0 amide bonds. The van der Waals surface area contributed by atoms with E-state index in [0.717, 1.165) is 17.7 Å². The lowest BCUT2D eigenvalue weighted by Gasteiger charge is -2.38. The molecule has 1 N–H and O–H groups in total. The van der Waals surface area contributed by atoms with Crippen LogP contribution < -0.4 is 19.5 Å². The summed E-state index contributed by atoms with van der Waals surface area (Å²) in [5.74, 6) is 1.51. The first-order valence-corrected chi connectivity index (χ1v) is 14.0. The molecule has 0 bridgehead atoms. The molecule has 3 heterocycles. The van der Waals surface area contributed by atoms with Gasteiger partial charge in [0.15, 0.2) is 28.5 Å². The standard InChI is InChI=1S/C30H33F3N6O6/c1-18(40)44-15-22-13-38(12-19-6-5-7-21(8-19)30(31,32)33)14-25(45-22)39-17-37-26-28(35-16-36-29(26)39)34-11-20-9-23(41-2)27(43-4)24(10-20)42-3/h5-10,16-17,22,25H,11-15H2,1-4H3,(H,34,35,36)/t22-,25+/m0/s1. The van der Waals surface area contributed by atoms with Crippen molar-refractivity contribution in [2.24, 2.45) is 0 Å². The molecule has 2 atom stereocenters. The molecule has 0 spiro atoms. The molecule has 1 aliphatic heterocycles. The monoisotopic (exact) mass is 630 g/mol. The van der Waals surface area contributed by atoms with Gasteiger partial charge in [-0.15, -0.1) is 0 Å². The Balaban J connectivity index is 1.38. The van der Waals surface area contributed by atoms with Gasteiger partial charge in [-0.25, -0.2) is 15.0 Å². The van der Waals surface area contributed by atoms with Gasteiger partial charge in [0.1, 0.15) is 25.3 Å². The van der Waals surface area contributed by atoms with Gasteiger partial charge < -0.3 is 29.0 Å². The summed E-state index contributed by atoms with van der Waals surface area (Å²) in [5.41, 5.74) is 1.58. The van der Waals surface area contributed by atoms with Crippen LogP contribution in [0.2, 0.25) is 0 Å². The van der Waals surface area contributed by atoms with Gasteiger partial charge >= 0.3 is 12.1 Å². The lowest BCUT2D eigenvalue weighted by Crippen LogP contribution is -2.47. The number of hydrogen-bond acceptors (Lipinski definition) is 11. The van der Waals surface area contributed by atoms with E-state index in [1.807, 2.05) is 17.0 Å². The van der Waals surface area contributed by atoms with Gasteiger partial charge in [-0.3, -0.25) is 14.3 Å². The van der Waals surface area contributed by atoms with Gasteiger partial charge in [-0.05, 0) is 29.3 Å². The van der Waals surface area contributed by atoms with Crippen LogP contribution in [0.15, 0.2) is 49.1 Å². The van der Waals surface area contributed by atoms with Crippen molar-refractivity contribution in [2.75, 3.05) is 46.3 Å². The Morgan fingerprint density at radius 3 is 2.44 bits per heavy atom. The number of nitrogens with one attached hydrogen (secondary N) is 1. The van der Waals surface area contributed by atoms with Crippen LogP contribution in [0.5, 0.6) is 17.2 Å². The minimum Gasteiger partial charge on any atom is -0.493 e. The zero-order valence-corrected chi connectivity index (χ0v) is 25.1. The highest BCUT2D eigenvalue weighted by atomic mass is 19.4. The van der Waals surface area contributed by atoms with Crippen molar-refractivity contribution in [2.45, 2.75) is 38.5 Å². The largest absolute Gasteiger partial charge is 0.493 e.